The Morgan fingerprint density at radius 1 is 1.11 bits per heavy atom. The van der Waals surface area contributed by atoms with Crippen molar-refractivity contribution in [3.05, 3.63) is 23.8 Å². The summed E-state index contributed by atoms with van der Waals surface area (Å²) in [7, 11) is 0. The van der Waals surface area contributed by atoms with Gasteiger partial charge in [-0.25, -0.2) is 0 Å². The van der Waals surface area contributed by atoms with Crippen LogP contribution in [-0.4, -0.2) is 19.6 Å². The molecule has 0 aliphatic carbocycles. The number of hydrogen-bond donors (Lipinski definition) is 1. The Hall–Kier alpha value is -1.18. The third-order valence-electron chi connectivity index (χ3n) is 3.15. The lowest BCUT2D eigenvalue weighted by Gasteiger charge is -2.24. The van der Waals surface area contributed by atoms with E-state index in [9.17, 15) is 0 Å². The fraction of sp³-hybridized carbons (Fsp3) is 0.625. The third-order valence-corrected chi connectivity index (χ3v) is 3.15. The molecule has 1 aromatic rings. The van der Waals surface area contributed by atoms with Gasteiger partial charge in [0.25, 0.3) is 0 Å². The van der Waals surface area contributed by atoms with Crippen LogP contribution >= 0.6 is 0 Å². The molecule has 18 heavy (non-hydrogen) atoms. The summed E-state index contributed by atoms with van der Waals surface area (Å²) >= 11 is 0. The molecule has 1 N–H and O–H groups in total. The highest BCUT2D eigenvalue weighted by molar-refractivity contribution is 5.60. The Morgan fingerprint density at radius 3 is 2.17 bits per heavy atom. The van der Waals surface area contributed by atoms with Crippen molar-refractivity contribution < 1.29 is 0 Å². The third kappa shape index (κ3) is 4.25. The minimum absolute atomic E-state index is 0.310. The minimum Gasteiger partial charge on any atom is -0.384 e. The quantitative estimate of drug-likeness (QED) is 0.836. The van der Waals surface area contributed by atoms with E-state index in [2.05, 4.69) is 70.0 Å². The molecule has 0 aromatic heterocycles. The molecule has 0 radical (unpaired) electrons. The fourth-order valence-corrected chi connectivity index (χ4v) is 1.99. The summed E-state index contributed by atoms with van der Waals surface area (Å²) in [4.78, 5) is 2.38. The summed E-state index contributed by atoms with van der Waals surface area (Å²) in [6.07, 6.45) is 0. The van der Waals surface area contributed by atoms with Crippen molar-refractivity contribution in [2.75, 3.05) is 29.9 Å². The predicted octanol–water partition coefficient (Wildman–Crippen LogP) is 4.30. The van der Waals surface area contributed by atoms with Crippen LogP contribution in [0.4, 0.5) is 11.4 Å². The second kappa shape index (κ2) is 6.12. The molecule has 0 fully saturated rings. The van der Waals surface area contributed by atoms with Gasteiger partial charge in [-0.3, -0.25) is 0 Å². The van der Waals surface area contributed by atoms with Crippen LogP contribution in [0.1, 0.15) is 40.2 Å². The van der Waals surface area contributed by atoms with Crippen LogP contribution in [0.5, 0.6) is 0 Å². The molecule has 0 heterocycles. The molecule has 1 aromatic carbocycles. The van der Waals surface area contributed by atoms with Gasteiger partial charge in [0, 0.05) is 31.0 Å². The smallest absolute Gasteiger partial charge is 0.0371 e. The summed E-state index contributed by atoms with van der Waals surface area (Å²) in [5.74, 6) is 0. The zero-order valence-corrected chi connectivity index (χ0v) is 12.8. The number of nitrogens with zero attached hydrogens (tertiary/aromatic N) is 1. The van der Waals surface area contributed by atoms with E-state index in [1.54, 1.807) is 0 Å². The van der Waals surface area contributed by atoms with E-state index in [0.29, 0.717) is 5.41 Å². The molecule has 2 heteroatoms. The summed E-state index contributed by atoms with van der Waals surface area (Å²) in [5.41, 5.74) is 4.20. The van der Waals surface area contributed by atoms with Gasteiger partial charge in [0.05, 0.1) is 0 Å². The monoisotopic (exact) mass is 248 g/mol. The summed E-state index contributed by atoms with van der Waals surface area (Å²) < 4.78 is 0. The number of hydrogen-bond acceptors (Lipinski definition) is 2. The molecule has 0 saturated carbocycles. The van der Waals surface area contributed by atoms with E-state index in [0.717, 1.165) is 19.6 Å². The van der Waals surface area contributed by atoms with E-state index in [1.807, 2.05) is 0 Å². The van der Waals surface area contributed by atoms with E-state index in [-0.39, 0.29) is 0 Å². The van der Waals surface area contributed by atoms with Crippen molar-refractivity contribution in [1.29, 1.82) is 0 Å². The number of aryl methyl sites for hydroxylation is 1. The van der Waals surface area contributed by atoms with Gasteiger partial charge in [0.1, 0.15) is 0 Å². The largest absolute Gasteiger partial charge is 0.384 e. The maximum Gasteiger partial charge on any atom is 0.0371 e. The topological polar surface area (TPSA) is 15.3 Å². The summed E-state index contributed by atoms with van der Waals surface area (Å²) in [6, 6.07) is 6.69. The zero-order valence-electron chi connectivity index (χ0n) is 12.8. The van der Waals surface area contributed by atoms with Gasteiger partial charge >= 0.3 is 0 Å². The Morgan fingerprint density at radius 2 is 1.72 bits per heavy atom. The van der Waals surface area contributed by atoms with Crippen molar-refractivity contribution in [3.63, 3.8) is 0 Å². The molecular weight excluding hydrogens is 220 g/mol. The van der Waals surface area contributed by atoms with Crippen molar-refractivity contribution in [1.82, 2.24) is 0 Å². The number of benzene rings is 1. The minimum atomic E-state index is 0.310. The lowest BCUT2D eigenvalue weighted by Crippen LogP contribution is -2.22. The molecule has 0 spiro atoms. The zero-order chi connectivity index (χ0) is 13.8. The first-order valence-corrected chi connectivity index (χ1v) is 6.97. The van der Waals surface area contributed by atoms with Gasteiger partial charge in [0.2, 0.25) is 0 Å². The van der Waals surface area contributed by atoms with E-state index in [1.165, 1.54) is 16.9 Å². The molecule has 102 valence electrons. The first-order valence-electron chi connectivity index (χ1n) is 6.97. The van der Waals surface area contributed by atoms with Crippen LogP contribution in [0.2, 0.25) is 0 Å². The van der Waals surface area contributed by atoms with Crippen LogP contribution in [0, 0.1) is 12.3 Å². The second-order valence-corrected chi connectivity index (χ2v) is 6.09. The van der Waals surface area contributed by atoms with Crippen molar-refractivity contribution in [2.24, 2.45) is 5.41 Å². The summed E-state index contributed by atoms with van der Waals surface area (Å²) in [5, 5.41) is 3.54. The van der Waals surface area contributed by atoms with Gasteiger partial charge in [-0.15, -0.1) is 0 Å². The molecule has 0 aliphatic heterocycles. The SMILES string of the molecule is CCN(CC)c1ccc(NCC(C)(C)C)c(C)c1. The molecule has 0 saturated heterocycles. The van der Waals surface area contributed by atoms with Crippen LogP contribution in [0.15, 0.2) is 18.2 Å². The average molecular weight is 248 g/mol. The normalized spacial score (nSPS) is 11.4. The van der Waals surface area contributed by atoms with Gasteiger partial charge in [-0.2, -0.15) is 0 Å². The van der Waals surface area contributed by atoms with Gasteiger partial charge in [-0.1, -0.05) is 20.8 Å². The van der Waals surface area contributed by atoms with Gasteiger partial charge in [0.15, 0.2) is 0 Å². The predicted molar refractivity (Wildman–Crippen MR) is 82.7 cm³/mol. The van der Waals surface area contributed by atoms with Crippen LogP contribution < -0.4 is 10.2 Å². The van der Waals surface area contributed by atoms with E-state index < -0.39 is 0 Å². The molecule has 0 atom stereocenters. The maximum absolute atomic E-state index is 3.54. The van der Waals surface area contributed by atoms with E-state index in [4.69, 9.17) is 0 Å². The maximum atomic E-state index is 3.54. The van der Waals surface area contributed by atoms with E-state index >= 15 is 0 Å². The van der Waals surface area contributed by atoms with Crippen LogP contribution in [0.25, 0.3) is 0 Å². The van der Waals surface area contributed by atoms with Gasteiger partial charge < -0.3 is 10.2 Å². The van der Waals surface area contributed by atoms with Crippen LogP contribution in [0.3, 0.4) is 0 Å². The van der Waals surface area contributed by atoms with Crippen molar-refractivity contribution in [2.45, 2.75) is 41.5 Å². The molecule has 1 rings (SSSR count). The first kappa shape index (κ1) is 14.9. The number of nitrogens with one attached hydrogen (secondary N) is 1. The first-order chi connectivity index (χ1) is 8.37. The molecule has 0 amide bonds. The Labute approximate surface area is 112 Å². The lowest BCUT2D eigenvalue weighted by molar-refractivity contribution is 0.443. The second-order valence-electron chi connectivity index (χ2n) is 6.09. The fourth-order valence-electron chi connectivity index (χ4n) is 1.99. The summed E-state index contributed by atoms with van der Waals surface area (Å²) in [6.45, 7) is 16.4. The molecule has 2 nitrogen and oxygen atoms in total. The molecule has 0 bridgehead atoms. The van der Waals surface area contributed by atoms with Crippen molar-refractivity contribution in [3.8, 4) is 0 Å². The van der Waals surface area contributed by atoms with Gasteiger partial charge in [-0.05, 0) is 49.9 Å². The lowest BCUT2D eigenvalue weighted by atomic mass is 9.96. The van der Waals surface area contributed by atoms with Crippen molar-refractivity contribution >= 4 is 11.4 Å². The standard InChI is InChI=1S/C16H28N2/c1-7-18(8-2)14-9-10-15(13(3)11-14)17-12-16(4,5)6/h9-11,17H,7-8,12H2,1-6H3. The Bertz CT molecular complexity index is 373. The Balaban J connectivity index is 2.79. The average Bonchev–Trinajstić information content (AvgIpc) is 2.28. The van der Waals surface area contributed by atoms with Crippen LogP contribution in [-0.2, 0) is 0 Å². The molecule has 0 unspecified atom stereocenters. The molecular formula is C16H28N2. The highest BCUT2D eigenvalue weighted by atomic mass is 15.1. The highest BCUT2D eigenvalue weighted by Crippen LogP contribution is 2.24. The number of anilines is 2. The Kier molecular flexibility index (Phi) is 5.06. The molecule has 0 aliphatic rings. The number of rotatable bonds is 5. The highest BCUT2D eigenvalue weighted by Gasteiger charge is 2.11.